The molecule has 0 heterocycles. The van der Waals surface area contributed by atoms with Gasteiger partial charge in [-0.3, -0.25) is 9.59 Å². The number of carbonyl (C=O) groups excluding carboxylic acids is 2. The van der Waals surface area contributed by atoms with Crippen molar-refractivity contribution in [3.05, 3.63) is 29.3 Å². The van der Waals surface area contributed by atoms with E-state index in [9.17, 15) is 9.59 Å². The highest BCUT2D eigenvalue weighted by Crippen LogP contribution is 2.39. The summed E-state index contributed by atoms with van der Waals surface area (Å²) in [5, 5.41) is 5.86. The van der Waals surface area contributed by atoms with Gasteiger partial charge in [0, 0.05) is 12.2 Å². The Hall–Kier alpha value is -1.84. The maximum atomic E-state index is 12.2. The SMILES string of the molecule is CCCCCNC(=O)C1CC1C(=O)Nc1cc(C)cc(C)c1. The number of benzene rings is 1. The number of aryl methyl sites for hydroxylation is 2. The van der Waals surface area contributed by atoms with Crippen molar-refractivity contribution in [2.24, 2.45) is 11.8 Å². The quantitative estimate of drug-likeness (QED) is 0.760. The van der Waals surface area contributed by atoms with Crippen molar-refractivity contribution >= 4 is 17.5 Å². The Labute approximate surface area is 132 Å². The van der Waals surface area contributed by atoms with Gasteiger partial charge in [0.1, 0.15) is 0 Å². The minimum atomic E-state index is -0.174. The third kappa shape index (κ3) is 4.58. The molecule has 1 aliphatic rings. The van der Waals surface area contributed by atoms with Crippen molar-refractivity contribution in [3.63, 3.8) is 0 Å². The number of rotatable bonds is 7. The van der Waals surface area contributed by atoms with Crippen LogP contribution < -0.4 is 10.6 Å². The topological polar surface area (TPSA) is 58.2 Å². The lowest BCUT2D eigenvalue weighted by atomic mass is 10.1. The van der Waals surface area contributed by atoms with Crippen LogP contribution in [0.5, 0.6) is 0 Å². The number of anilines is 1. The Morgan fingerprint density at radius 1 is 1.05 bits per heavy atom. The highest BCUT2D eigenvalue weighted by atomic mass is 16.2. The van der Waals surface area contributed by atoms with Crippen LogP contribution in [0.3, 0.4) is 0 Å². The predicted molar refractivity (Wildman–Crippen MR) is 88.7 cm³/mol. The molecule has 1 saturated carbocycles. The van der Waals surface area contributed by atoms with E-state index in [1.165, 1.54) is 0 Å². The molecule has 2 amide bonds. The summed E-state index contributed by atoms with van der Waals surface area (Å²) >= 11 is 0. The molecule has 1 aromatic carbocycles. The van der Waals surface area contributed by atoms with E-state index in [0.29, 0.717) is 13.0 Å². The fourth-order valence-corrected chi connectivity index (χ4v) is 2.77. The Morgan fingerprint density at radius 2 is 1.68 bits per heavy atom. The molecule has 2 rings (SSSR count). The minimum Gasteiger partial charge on any atom is -0.356 e. The van der Waals surface area contributed by atoms with Gasteiger partial charge in [0.15, 0.2) is 0 Å². The molecule has 0 aromatic heterocycles. The van der Waals surface area contributed by atoms with Gasteiger partial charge >= 0.3 is 0 Å². The van der Waals surface area contributed by atoms with E-state index in [4.69, 9.17) is 0 Å². The molecule has 4 heteroatoms. The predicted octanol–water partition coefficient (Wildman–Crippen LogP) is 3.18. The van der Waals surface area contributed by atoms with Crippen molar-refractivity contribution in [2.75, 3.05) is 11.9 Å². The van der Waals surface area contributed by atoms with Gasteiger partial charge in [-0.05, 0) is 49.9 Å². The largest absolute Gasteiger partial charge is 0.356 e. The molecule has 120 valence electrons. The third-order valence-electron chi connectivity index (χ3n) is 4.03. The number of hydrogen-bond acceptors (Lipinski definition) is 2. The van der Waals surface area contributed by atoms with Crippen LogP contribution in [0.4, 0.5) is 5.69 Å². The van der Waals surface area contributed by atoms with Crippen molar-refractivity contribution in [1.82, 2.24) is 5.32 Å². The summed E-state index contributed by atoms with van der Waals surface area (Å²) in [5.41, 5.74) is 3.06. The second-order valence-electron chi connectivity index (χ2n) is 6.31. The molecular weight excluding hydrogens is 276 g/mol. The highest BCUT2D eigenvalue weighted by Gasteiger charge is 2.47. The summed E-state index contributed by atoms with van der Waals surface area (Å²) in [5.74, 6) is -0.338. The van der Waals surface area contributed by atoms with E-state index in [0.717, 1.165) is 36.1 Å². The number of carbonyl (C=O) groups is 2. The molecule has 0 saturated heterocycles. The van der Waals surface area contributed by atoms with Crippen LogP contribution in [0, 0.1) is 25.7 Å². The van der Waals surface area contributed by atoms with Crippen LogP contribution in [-0.4, -0.2) is 18.4 Å². The van der Waals surface area contributed by atoms with E-state index in [1.54, 1.807) is 0 Å². The molecule has 0 radical (unpaired) electrons. The van der Waals surface area contributed by atoms with Gasteiger partial charge in [0.05, 0.1) is 11.8 Å². The van der Waals surface area contributed by atoms with Crippen molar-refractivity contribution in [3.8, 4) is 0 Å². The first-order valence-corrected chi connectivity index (χ1v) is 8.18. The lowest BCUT2D eigenvalue weighted by Crippen LogP contribution is -2.28. The van der Waals surface area contributed by atoms with Gasteiger partial charge in [0.25, 0.3) is 0 Å². The average Bonchev–Trinajstić information content (AvgIpc) is 3.22. The zero-order chi connectivity index (χ0) is 16.1. The Balaban J connectivity index is 1.79. The van der Waals surface area contributed by atoms with Gasteiger partial charge in [-0.2, -0.15) is 0 Å². The first kappa shape index (κ1) is 16.5. The second kappa shape index (κ2) is 7.43. The summed E-state index contributed by atoms with van der Waals surface area (Å²) in [4.78, 5) is 24.2. The molecule has 2 atom stereocenters. The number of nitrogens with one attached hydrogen (secondary N) is 2. The first-order chi connectivity index (χ1) is 10.5. The summed E-state index contributed by atoms with van der Waals surface area (Å²) < 4.78 is 0. The van der Waals surface area contributed by atoms with E-state index < -0.39 is 0 Å². The van der Waals surface area contributed by atoms with Crippen LogP contribution in [0.25, 0.3) is 0 Å². The fourth-order valence-electron chi connectivity index (χ4n) is 2.77. The molecular formula is C18H26N2O2. The molecule has 1 aromatic rings. The first-order valence-electron chi connectivity index (χ1n) is 8.18. The lowest BCUT2D eigenvalue weighted by Gasteiger charge is -2.08. The lowest BCUT2D eigenvalue weighted by molar-refractivity contribution is -0.125. The highest BCUT2D eigenvalue weighted by molar-refractivity contribution is 5.99. The molecule has 22 heavy (non-hydrogen) atoms. The minimum absolute atomic E-state index is 0.0247. The van der Waals surface area contributed by atoms with Crippen LogP contribution in [-0.2, 0) is 9.59 Å². The molecule has 1 fully saturated rings. The van der Waals surface area contributed by atoms with Crippen molar-refractivity contribution < 1.29 is 9.59 Å². The number of hydrogen-bond donors (Lipinski definition) is 2. The van der Waals surface area contributed by atoms with E-state index in [2.05, 4.69) is 23.6 Å². The molecule has 0 aliphatic heterocycles. The van der Waals surface area contributed by atoms with Crippen molar-refractivity contribution in [2.45, 2.75) is 46.5 Å². The van der Waals surface area contributed by atoms with Crippen LogP contribution in [0.15, 0.2) is 18.2 Å². The van der Waals surface area contributed by atoms with Gasteiger partial charge in [-0.25, -0.2) is 0 Å². The molecule has 2 unspecified atom stereocenters. The monoisotopic (exact) mass is 302 g/mol. The van der Waals surface area contributed by atoms with Crippen LogP contribution in [0.2, 0.25) is 0 Å². The van der Waals surface area contributed by atoms with Crippen LogP contribution >= 0.6 is 0 Å². The van der Waals surface area contributed by atoms with Crippen molar-refractivity contribution in [1.29, 1.82) is 0 Å². The summed E-state index contributed by atoms with van der Waals surface area (Å²) in [6.45, 7) is 6.86. The van der Waals surface area contributed by atoms with Gasteiger partial charge in [-0.1, -0.05) is 25.8 Å². The standard InChI is InChI=1S/C18H26N2O2/c1-4-5-6-7-19-17(21)15-11-16(15)18(22)20-14-9-12(2)8-13(3)10-14/h8-10,15-16H,4-7,11H2,1-3H3,(H,19,21)(H,20,22). The second-order valence-corrected chi connectivity index (χ2v) is 6.31. The molecule has 4 nitrogen and oxygen atoms in total. The van der Waals surface area contributed by atoms with Gasteiger partial charge in [-0.15, -0.1) is 0 Å². The fraction of sp³-hybridized carbons (Fsp3) is 0.556. The Bertz CT molecular complexity index is 534. The number of amides is 2. The third-order valence-corrected chi connectivity index (χ3v) is 4.03. The summed E-state index contributed by atoms with van der Waals surface area (Å²) in [6.07, 6.45) is 3.94. The van der Waals surface area contributed by atoms with E-state index >= 15 is 0 Å². The molecule has 1 aliphatic carbocycles. The van der Waals surface area contributed by atoms with E-state index in [-0.39, 0.29) is 23.7 Å². The molecule has 0 spiro atoms. The zero-order valence-corrected chi connectivity index (χ0v) is 13.7. The summed E-state index contributed by atoms with van der Waals surface area (Å²) in [7, 11) is 0. The molecule has 0 bridgehead atoms. The normalized spacial score (nSPS) is 19.6. The Morgan fingerprint density at radius 3 is 2.32 bits per heavy atom. The Kier molecular flexibility index (Phi) is 5.58. The van der Waals surface area contributed by atoms with Gasteiger partial charge < -0.3 is 10.6 Å². The van der Waals surface area contributed by atoms with E-state index in [1.807, 2.05) is 26.0 Å². The maximum absolute atomic E-state index is 12.2. The number of unbranched alkanes of at least 4 members (excludes halogenated alkanes) is 2. The van der Waals surface area contributed by atoms with Gasteiger partial charge in [0.2, 0.25) is 11.8 Å². The molecule has 2 N–H and O–H groups in total. The summed E-state index contributed by atoms with van der Waals surface area (Å²) in [6, 6.07) is 5.97. The maximum Gasteiger partial charge on any atom is 0.228 e. The van der Waals surface area contributed by atoms with Crippen LogP contribution in [0.1, 0.15) is 43.7 Å². The average molecular weight is 302 g/mol. The smallest absolute Gasteiger partial charge is 0.228 e. The zero-order valence-electron chi connectivity index (χ0n) is 13.7.